The molecule has 1 aliphatic carbocycles. The summed E-state index contributed by atoms with van der Waals surface area (Å²) in [5.74, 6) is -2.10. The SMILES string of the molecule is O=C(NCc1ccc(S(=O)(=O)C2CCC(Cl)C(C(F)(F)F)C2)cc1)c1cc2ccncc2s1. The topological polar surface area (TPSA) is 76.1 Å². The largest absolute Gasteiger partial charge is 0.393 e. The maximum absolute atomic E-state index is 13.2. The molecule has 2 aromatic heterocycles. The zero-order valence-corrected chi connectivity index (χ0v) is 19.6. The summed E-state index contributed by atoms with van der Waals surface area (Å²) in [5, 5.41) is 1.47. The van der Waals surface area contributed by atoms with Crippen molar-refractivity contribution >= 4 is 48.8 Å². The summed E-state index contributed by atoms with van der Waals surface area (Å²) in [5.41, 5.74) is 0.669. The number of amides is 1. The van der Waals surface area contributed by atoms with Crippen LogP contribution in [0.2, 0.25) is 0 Å². The Morgan fingerprint density at radius 1 is 1.18 bits per heavy atom. The molecule has 33 heavy (non-hydrogen) atoms. The average Bonchev–Trinajstić information content (AvgIpc) is 3.21. The van der Waals surface area contributed by atoms with Crippen LogP contribution in [-0.2, 0) is 16.4 Å². The number of nitrogens with zero attached hydrogens (tertiary/aromatic N) is 1. The molecule has 1 N–H and O–H groups in total. The first-order valence-corrected chi connectivity index (χ1v) is 13.0. The molecule has 176 valence electrons. The number of alkyl halides is 4. The van der Waals surface area contributed by atoms with Gasteiger partial charge in [-0.1, -0.05) is 12.1 Å². The van der Waals surface area contributed by atoms with Crippen molar-refractivity contribution in [2.45, 2.75) is 47.5 Å². The number of nitrogens with one attached hydrogen (secondary N) is 1. The number of hydrogen-bond donors (Lipinski definition) is 1. The average molecular weight is 517 g/mol. The quantitative estimate of drug-likeness (QED) is 0.464. The van der Waals surface area contributed by atoms with E-state index in [9.17, 15) is 26.4 Å². The van der Waals surface area contributed by atoms with Gasteiger partial charge < -0.3 is 5.32 Å². The molecule has 0 radical (unpaired) electrons. The predicted molar refractivity (Wildman–Crippen MR) is 121 cm³/mol. The molecule has 5 nitrogen and oxygen atoms in total. The van der Waals surface area contributed by atoms with E-state index in [0.29, 0.717) is 10.4 Å². The highest BCUT2D eigenvalue weighted by atomic mass is 35.5. The van der Waals surface area contributed by atoms with Crippen LogP contribution < -0.4 is 5.32 Å². The Bertz CT molecular complexity index is 1230. The van der Waals surface area contributed by atoms with Gasteiger partial charge in [0.25, 0.3) is 5.91 Å². The molecule has 1 aromatic carbocycles. The third-order valence-corrected chi connectivity index (χ3v) is 9.67. The van der Waals surface area contributed by atoms with Gasteiger partial charge in [0, 0.05) is 24.3 Å². The lowest BCUT2D eigenvalue weighted by Crippen LogP contribution is -2.41. The summed E-state index contributed by atoms with van der Waals surface area (Å²) < 4.78 is 66.4. The van der Waals surface area contributed by atoms with Crippen LogP contribution in [0.25, 0.3) is 10.1 Å². The first-order chi connectivity index (χ1) is 15.6. The Morgan fingerprint density at radius 2 is 1.91 bits per heavy atom. The molecule has 0 aliphatic heterocycles. The molecule has 1 aliphatic rings. The standard InChI is InChI=1S/C22H20ClF3N2O3S2/c23-18-6-5-16(10-17(18)22(24,25)26)33(30,31)15-3-1-13(2-4-15)11-28-21(29)19-9-14-7-8-27-12-20(14)32-19/h1-4,7-9,12,16-18H,5-6,10-11H2,(H,28,29). The fourth-order valence-electron chi connectivity index (χ4n) is 3.97. The van der Waals surface area contributed by atoms with Crippen molar-refractivity contribution in [2.24, 2.45) is 5.92 Å². The number of carbonyl (C=O) groups is 1. The monoisotopic (exact) mass is 516 g/mol. The molecule has 0 saturated heterocycles. The normalized spacial score (nSPS) is 21.8. The molecular weight excluding hydrogens is 497 g/mol. The van der Waals surface area contributed by atoms with Crippen molar-refractivity contribution in [1.82, 2.24) is 10.3 Å². The number of thiophene rings is 1. The van der Waals surface area contributed by atoms with Crippen LogP contribution in [0.1, 0.15) is 34.5 Å². The zero-order valence-electron chi connectivity index (χ0n) is 17.2. The van der Waals surface area contributed by atoms with Crippen LogP contribution in [0, 0.1) is 5.92 Å². The van der Waals surface area contributed by atoms with Gasteiger partial charge in [-0.15, -0.1) is 22.9 Å². The second-order valence-corrected chi connectivity index (χ2v) is 11.9. The van der Waals surface area contributed by atoms with E-state index in [-0.39, 0.29) is 30.2 Å². The number of rotatable bonds is 5. The summed E-state index contributed by atoms with van der Waals surface area (Å²) in [7, 11) is -3.93. The highest BCUT2D eigenvalue weighted by Crippen LogP contribution is 2.43. The van der Waals surface area contributed by atoms with E-state index in [1.807, 2.05) is 6.07 Å². The number of benzene rings is 1. The van der Waals surface area contributed by atoms with Crippen molar-refractivity contribution < 1.29 is 26.4 Å². The van der Waals surface area contributed by atoms with Crippen molar-refractivity contribution in [3.05, 3.63) is 59.2 Å². The molecule has 3 unspecified atom stereocenters. The third-order valence-electron chi connectivity index (χ3n) is 5.83. The predicted octanol–water partition coefficient (Wildman–Crippen LogP) is 5.34. The highest BCUT2D eigenvalue weighted by Gasteiger charge is 2.49. The summed E-state index contributed by atoms with van der Waals surface area (Å²) in [6.45, 7) is 0.180. The maximum Gasteiger partial charge on any atom is 0.393 e. The second-order valence-electron chi connectivity index (χ2n) is 7.99. The van der Waals surface area contributed by atoms with Gasteiger partial charge in [-0.2, -0.15) is 13.2 Å². The van der Waals surface area contributed by atoms with Gasteiger partial charge in [-0.05, 0) is 54.5 Å². The maximum atomic E-state index is 13.2. The molecule has 0 bridgehead atoms. The number of halogens is 4. The minimum Gasteiger partial charge on any atom is -0.347 e. The van der Waals surface area contributed by atoms with E-state index in [4.69, 9.17) is 11.6 Å². The van der Waals surface area contributed by atoms with Crippen LogP contribution in [-0.4, -0.2) is 36.1 Å². The van der Waals surface area contributed by atoms with Gasteiger partial charge in [0.05, 0.1) is 25.6 Å². The van der Waals surface area contributed by atoms with Gasteiger partial charge >= 0.3 is 6.18 Å². The zero-order chi connectivity index (χ0) is 23.8. The molecule has 1 amide bonds. The smallest absolute Gasteiger partial charge is 0.347 e. The molecule has 11 heteroatoms. The molecular formula is C22H20ClF3N2O3S2. The Hall–Kier alpha value is -2.17. The molecule has 1 fully saturated rings. The number of carbonyl (C=O) groups excluding carboxylic acids is 1. The van der Waals surface area contributed by atoms with Gasteiger partial charge in [-0.3, -0.25) is 9.78 Å². The number of fused-ring (bicyclic) bond motifs is 1. The molecule has 2 heterocycles. The first-order valence-electron chi connectivity index (χ1n) is 10.2. The fourth-order valence-corrected chi connectivity index (χ4v) is 7.10. The lowest BCUT2D eigenvalue weighted by molar-refractivity contribution is -0.179. The van der Waals surface area contributed by atoms with E-state index >= 15 is 0 Å². The van der Waals surface area contributed by atoms with Crippen LogP contribution >= 0.6 is 22.9 Å². The second kappa shape index (κ2) is 9.23. The van der Waals surface area contributed by atoms with Crippen LogP contribution in [0.4, 0.5) is 13.2 Å². The Morgan fingerprint density at radius 3 is 2.58 bits per heavy atom. The molecule has 4 rings (SSSR count). The van der Waals surface area contributed by atoms with Crippen LogP contribution in [0.15, 0.2) is 53.7 Å². The van der Waals surface area contributed by atoms with E-state index in [1.54, 1.807) is 30.6 Å². The summed E-state index contributed by atoms with van der Waals surface area (Å²) >= 11 is 7.15. The Kier molecular flexibility index (Phi) is 6.70. The van der Waals surface area contributed by atoms with E-state index in [1.165, 1.54) is 23.5 Å². The van der Waals surface area contributed by atoms with Gasteiger partial charge in [0.1, 0.15) is 0 Å². The van der Waals surface area contributed by atoms with E-state index in [2.05, 4.69) is 10.3 Å². The number of hydrogen-bond acceptors (Lipinski definition) is 5. The third kappa shape index (κ3) is 5.17. The Labute approximate surface area is 197 Å². The first kappa shape index (κ1) is 24.0. The van der Waals surface area contributed by atoms with Crippen LogP contribution in [0.3, 0.4) is 0 Å². The summed E-state index contributed by atoms with van der Waals surface area (Å²) in [4.78, 5) is 17.0. The highest BCUT2D eigenvalue weighted by molar-refractivity contribution is 7.92. The lowest BCUT2D eigenvalue weighted by Gasteiger charge is -2.33. The molecule has 3 atom stereocenters. The minimum absolute atomic E-state index is 0.00641. The van der Waals surface area contributed by atoms with Crippen molar-refractivity contribution in [3.63, 3.8) is 0 Å². The van der Waals surface area contributed by atoms with E-state index in [0.717, 1.165) is 10.1 Å². The summed E-state index contributed by atoms with van der Waals surface area (Å²) in [6, 6.07) is 9.44. The molecule has 3 aromatic rings. The number of pyridine rings is 1. The van der Waals surface area contributed by atoms with Gasteiger partial charge in [-0.25, -0.2) is 8.42 Å². The van der Waals surface area contributed by atoms with Gasteiger partial charge in [0.15, 0.2) is 9.84 Å². The Balaban J connectivity index is 1.41. The number of aromatic nitrogens is 1. The van der Waals surface area contributed by atoms with Crippen molar-refractivity contribution in [3.8, 4) is 0 Å². The van der Waals surface area contributed by atoms with Crippen molar-refractivity contribution in [1.29, 1.82) is 0 Å². The van der Waals surface area contributed by atoms with Crippen LogP contribution in [0.5, 0.6) is 0 Å². The lowest BCUT2D eigenvalue weighted by atomic mass is 9.88. The molecule has 1 saturated carbocycles. The van der Waals surface area contributed by atoms with E-state index < -0.39 is 39.0 Å². The number of sulfone groups is 1. The van der Waals surface area contributed by atoms with Gasteiger partial charge in [0.2, 0.25) is 0 Å². The summed E-state index contributed by atoms with van der Waals surface area (Å²) in [6.07, 6.45) is -1.65. The molecule has 0 spiro atoms. The minimum atomic E-state index is -4.53. The van der Waals surface area contributed by atoms with Crippen molar-refractivity contribution in [2.75, 3.05) is 0 Å². The fraction of sp³-hybridized carbons (Fsp3) is 0.364.